The Labute approximate surface area is 126 Å². The van der Waals surface area contributed by atoms with Gasteiger partial charge in [0.25, 0.3) is 0 Å². The molecule has 3 heteroatoms. The van der Waals surface area contributed by atoms with Crippen molar-refractivity contribution in [3.63, 3.8) is 0 Å². The fraction of sp³-hybridized carbons (Fsp3) is 1.00. The SMILES string of the molecule is CCNC1CCC(C)CC1N1CCN(CC(C)C)CC1. The van der Waals surface area contributed by atoms with E-state index in [2.05, 4.69) is 42.8 Å². The largest absolute Gasteiger partial charge is 0.313 e. The summed E-state index contributed by atoms with van der Waals surface area (Å²) in [6.07, 6.45) is 4.16. The van der Waals surface area contributed by atoms with Gasteiger partial charge in [-0.15, -0.1) is 0 Å². The second-order valence-corrected chi connectivity index (χ2v) is 7.38. The number of hydrogen-bond acceptors (Lipinski definition) is 3. The van der Waals surface area contributed by atoms with Crippen molar-refractivity contribution in [2.75, 3.05) is 39.3 Å². The highest BCUT2D eigenvalue weighted by Crippen LogP contribution is 2.28. The van der Waals surface area contributed by atoms with Crippen LogP contribution < -0.4 is 5.32 Å². The standard InChI is InChI=1S/C17H35N3/c1-5-18-16-7-6-15(4)12-17(16)20-10-8-19(9-11-20)13-14(2)3/h14-18H,5-13H2,1-4H3. The first-order valence-corrected chi connectivity index (χ1v) is 8.80. The fourth-order valence-corrected chi connectivity index (χ4v) is 4.05. The fourth-order valence-electron chi connectivity index (χ4n) is 4.05. The first-order valence-electron chi connectivity index (χ1n) is 8.80. The molecule has 1 aliphatic heterocycles. The minimum absolute atomic E-state index is 0.729. The molecule has 20 heavy (non-hydrogen) atoms. The molecule has 0 aromatic rings. The molecule has 0 bridgehead atoms. The molecular formula is C17H35N3. The van der Waals surface area contributed by atoms with Gasteiger partial charge in [-0.05, 0) is 37.6 Å². The van der Waals surface area contributed by atoms with Crippen molar-refractivity contribution in [3.05, 3.63) is 0 Å². The van der Waals surface area contributed by atoms with Crippen molar-refractivity contribution in [3.8, 4) is 0 Å². The number of nitrogens with zero attached hydrogens (tertiary/aromatic N) is 2. The van der Waals surface area contributed by atoms with Crippen molar-refractivity contribution < 1.29 is 0 Å². The average molecular weight is 281 g/mol. The normalized spacial score (nSPS) is 33.8. The van der Waals surface area contributed by atoms with Gasteiger partial charge in [0, 0.05) is 44.8 Å². The highest BCUT2D eigenvalue weighted by atomic mass is 15.3. The van der Waals surface area contributed by atoms with Crippen LogP contribution >= 0.6 is 0 Å². The second kappa shape index (κ2) is 7.77. The molecule has 0 aromatic carbocycles. The van der Waals surface area contributed by atoms with Gasteiger partial charge in [-0.3, -0.25) is 4.90 Å². The molecule has 0 aromatic heterocycles. The van der Waals surface area contributed by atoms with Crippen LogP contribution in [-0.4, -0.2) is 61.2 Å². The minimum atomic E-state index is 0.729. The number of rotatable bonds is 5. The van der Waals surface area contributed by atoms with Gasteiger partial charge in [0.15, 0.2) is 0 Å². The Bertz CT molecular complexity index is 271. The van der Waals surface area contributed by atoms with Gasteiger partial charge in [0.2, 0.25) is 0 Å². The van der Waals surface area contributed by atoms with Crippen molar-refractivity contribution in [2.24, 2.45) is 11.8 Å². The lowest BCUT2D eigenvalue weighted by molar-refractivity contribution is 0.0469. The number of nitrogens with one attached hydrogen (secondary N) is 1. The maximum absolute atomic E-state index is 3.74. The van der Waals surface area contributed by atoms with E-state index in [9.17, 15) is 0 Å². The lowest BCUT2D eigenvalue weighted by Gasteiger charge is -2.46. The van der Waals surface area contributed by atoms with E-state index in [0.29, 0.717) is 0 Å². The minimum Gasteiger partial charge on any atom is -0.313 e. The molecule has 2 rings (SSSR count). The second-order valence-electron chi connectivity index (χ2n) is 7.38. The van der Waals surface area contributed by atoms with E-state index < -0.39 is 0 Å². The van der Waals surface area contributed by atoms with Gasteiger partial charge in [-0.25, -0.2) is 0 Å². The maximum Gasteiger partial charge on any atom is 0.0252 e. The van der Waals surface area contributed by atoms with Crippen LogP contribution in [0.1, 0.15) is 47.0 Å². The lowest BCUT2D eigenvalue weighted by Crippen LogP contribution is -2.58. The van der Waals surface area contributed by atoms with Gasteiger partial charge in [-0.1, -0.05) is 27.7 Å². The van der Waals surface area contributed by atoms with Crippen LogP contribution in [0.4, 0.5) is 0 Å². The Kier molecular flexibility index (Phi) is 6.31. The smallest absolute Gasteiger partial charge is 0.0252 e. The molecule has 1 N–H and O–H groups in total. The lowest BCUT2D eigenvalue weighted by atomic mass is 9.82. The molecule has 3 atom stereocenters. The zero-order valence-electron chi connectivity index (χ0n) is 14.1. The predicted molar refractivity (Wildman–Crippen MR) is 87.1 cm³/mol. The van der Waals surface area contributed by atoms with E-state index >= 15 is 0 Å². The Hall–Kier alpha value is -0.120. The first-order chi connectivity index (χ1) is 9.60. The summed E-state index contributed by atoms with van der Waals surface area (Å²) >= 11 is 0. The summed E-state index contributed by atoms with van der Waals surface area (Å²) in [5.41, 5.74) is 0. The van der Waals surface area contributed by atoms with Crippen LogP contribution in [0.3, 0.4) is 0 Å². The van der Waals surface area contributed by atoms with Crippen molar-refractivity contribution >= 4 is 0 Å². The summed E-state index contributed by atoms with van der Waals surface area (Å²) in [6, 6.07) is 1.51. The highest BCUT2D eigenvalue weighted by molar-refractivity contribution is 4.92. The van der Waals surface area contributed by atoms with Crippen molar-refractivity contribution in [1.82, 2.24) is 15.1 Å². The molecule has 0 spiro atoms. The summed E-state index contributed by atoms with van der Waals surface area (Å²) in [5, 5.41) is 3.74. The van der Waals surface area contributed by atoms with E-state index in [1.54, 1.807) is 0 Å². The third-order valence-electron chi connectivity index (χ3n) is 5.04. The predicted octanol–water partition coefficient (Wildman–Crippen LogP) is 2.43. The van der Waals surface area contributed by atoms with Crippen LogP contribution in [0.5, 0.6) is 0 Å². The Morgan fingerprint density at radius 3 is 2.40 bits per heavy atom. The van der Waals surface area contributed by atoms with Crippen LogP contribution in [0, 0.1) is 11.8 Å². The maximum atomic E-state index is 3.74. The number of piperazine rings is 1. The van der Waals surface area contributed by atoms with Gasteiger partial charge in [0.05, 0.1) is 0 Å². The van der Waals surface area contributed by atoms with E-state index in [0.717, 1.165) is 30.5 Å². The average Bonchev–Trinajstić information content (AvgIpc) is 2.41. The van der Waals surface area contributed by atoms with E-state index in [1.165, 1.54) is 52.0 Å². The molecule has 3 unspecified atom stereocenters. The quantitative estimate of drug-likeness (QED) is 0.835. The van der Waals surface area contributed by atoms with E-state index in [-0.39, 0.29) is 0 Å². The zero-order valence-corrected chi connectivity index (χ0v) is 14.1. The van der Waals surface area contributed by atoms with Crippen LogP contribution in [0.25, 0.3) is 0 Å². The molecule has 2 fully saturated rings. The number of likely N-dealkylation sites (N-methyl/N-ethyl adjacent to an activating group) is 1. The van der Waals surface area contributed by atoms with Crippen LogP contribution in [0.2, 0.25) is 0 Å². The van der Waals surface area contributed by atoms with Crippen molar-refractivity contribution in [1.29, 1.82) is 0 Å². The summed E-state index contributed by atoms with van der Waals surface area (Å²) in [5.74, 6) is 1.70. The van der Waals surface area contributed by atoms with Gasteiger partial charge in [-0.2, -0.15) is 0 Å². The summed E-state index contributed by atoms with van der Waals surface area (Å²) in [7, 11) is 0. The molecule has 3 nitrogen and oxygen atoms in total. The highest BCUT2D eigenvalue weighted by Gasteiger charge is 2.33. The number of hydrogen-bond donors (Lipinski definition) is 1. The third kappa shape index (κ3) is 4.44. The van der Waals surface area contributed by atoms with Gasteiger partial charge < -0.3 is 10.2 Å². The third-order valence-corrected chi connectivity index (χ3v) is 5.04. The van der Waals surface area contributed by atoms with E-state index in [4.69, 9.17) is 0 Å². The van der Waals surface area contributed by atoms with Crippen LogP contribution in [-0.2, 0) is 0 Å². The molecule has 1 heterocycles. The van der Waals surface area contributed by atoms with E-state index in [1.807, 2.05) is 0 Å². The molecule has 2 aliphatic rings. The topological polar surface area (TPSA) is 18.5 Å². The summed E-state index contributed by atoms with van der Waals surface area (Å²) in [4.78, 5) is 5.43. The molecule has 1 saturated carbocycles. The molecular weight excluding hydrogens is 246 g/mol. The summed E-state index contributed by atoms with van der Waals surface area (Å²) < 4.78 is 0. The van der Waals surface area contributed by atoms with Gasteiger partial charge in [0.1, 0.15) is 0 Å². The molecule has 0 amide bonds. The first kappa shape index (κ1) is 16.3. The monoisotopic (exact) mass is 281 g/mol. The Morgan fingerprint density at radius 1 is 1.10 bits per heavy atom. The summed E-state index contributed by atoms with van der Waals surface area (Å²) in [6.45, 7) is 16.8. The molecule has 1 aliphatic carbocycles. The Morgan fingerprint density at radius 2 is 1.80 bits per heavy atom. The Balaban J connectivity index is 1.86. The van der Waals surface area contributed by atoms with Gasteiger partial charge >= 0.3 is 0 Å². The van der Waals surface area contributed by atoms with Crippen LogP contribution in [0.15, 0.2) is 0 Å². The van der Waals surface area contributed by atoms with Crippen molar-refractivity contribution in [2.45, 2.75) is 59.0 Å². The molecule has 1 saturated heterocycles. The molecule has 0 radical (unpaired) electrons. The zero-order chi connectivity index (χ0) is 14.5. The molecule has 118 valence electrons.